The summed E-state index contributed by atoms with van der Waals surface area (Å²) in [4.78, 5) is 0. The molecule has 10 heavy (non-hydrogen) atoms. The number of rotatable bonds is 4. The first-order valence-corrected chi connectivity index (χ1v) is 3.74. The smallest absolute Gasteiger partial charge is 0.122 e. The van der Waals surface area contributed by atoms with E-state index >= 15 is 0 Å². The number of ether oxygens (including phenoxy) is 1. The average molecular weight is 140 g/mol. The molecule has 0 amide bonds. The maximum Gasteiger partial charge on any atom is 0.122 e. The van der Waals surface area contributed by atoms with Gasteiger partial charge in [0.2, 0.25) is 0 Å². The first-order valence-electron chi connectivity index (χ1n) is 3.74. The fourth-order valence-electron chi connectivity index (χ4n) is 0.513. The van der Waals surface area contributed by atoms with Crippen molar-refractivity contribution in [3.8, 4) is 12.3 Å². The van der Waals surface area contributed by atoms with Gasteiger partial charge in [-0.3, -0.25) is 0 Å². The highest BCUT2D eigenvalue weighted by Crippen LogP contribution is 2.07. The van der Waals surface area contributed by atoms with E-state index in [1.807, 2.05) is 13.8 Å². The highest BCUT2D eigenvalue weighted by Gasteiger charge is 2.12. The molecule has 0 heterocycles. The molecule has 0 atom stereocenters. The minimum absolute atomic E-state index is 0.380. The van der Waals surface area contributed by atoms with Crippen molar-refractivity contribution >= 4 is 0 Å². The average Bonchev–Trinajstić information content (AvgIpc) is 1.89. The Morgan fingerprint density at radius 2 is 2.10 bits per heavy atom. The van der Waals surface area contributed by atoms with Gasteiger partial charge in [-0.15, -0.1) is 6.42 Å². The Bertz CT molecular complexity index is 119. The molecule has 0 aromatic rings. The molecule has 0 aromatic carbocycles. The van der Waals surface area contributed by atoms with E-state index in [0.29, 0.717) is 0 Å². The van der Waals surface area contributed by atoms with E-state index in [-0.39, 0.29) is 5.60 Å². The number of terminal acetylenes is 1. The normalized spacial score (nSPS) is 11.0. The third-order valence-corrected chi connectivity index (χ3v) is 1.31. The lowest BCUT2D eigenvalue weighted by Gasteiger charge is -2.17. The third kappa shape index (κ3) is 4.40. The van der Waals surface area contributed by atoms with Crippen LogP contribution in [0.25, 0.3) is 0 Å². The quantitative estimate of drug-likeness (QED) is 0.429. The van der Waals surface area contributed by atoms with Crippen molar-refractivity contribution in [2.45, 2.75) is 39.2 Å². The summed E-state index contributed by atoms with van der Waals surface area (Å²) in [6.07, 6.45) is 7.46. The summed E-state index contributed by atoms with van der Waals surface area (Å²) in [6.45, 7) is 6.71. The summed E-state index contributed by atoms with van der Waals surface area (Å²) < 4.78 is 5.38. The van der Waals surface area contributed by atoms with Crippen LogP contribution in [0.4, 0.5) is 0 Å². The Morgan fingerprint density at radius 1 is 1.50 bits per heavy atom. The third-order valence-electron chi connectivity index (χ3n) is 1.31. The summed E-state index contributed by atoms with van der Waals surface area (Å²) in [5, 5.41) is 0. The van der Waals surface area contributed by atoms with Crippen LogP contribution in [0.15, 0.2) is 0 Å². The SMILES string of the molecule is C#CC(C)(C)OCCCC. The molecule has 0 fully saturated rings. The minimum Gasteiger partial charge on any atom is -0.363 e. The predicted octanol–water partition coefficient (Wildman–Crippen LogP) is 2.21. The first-order chi connectivity index (χ1) is 4.62. The topological polar surface area (TPSA) is 9.23 Å². The van der Waals surface area contributed by atoms with Gasteiger partial charge in [-0.2, -0.15) is 0 Å². The van der Waals surface area contributed by atoms with Gasteiger partial charge in [-0.05, 0) is 20.3 Å². The maximum atomic E-state index is 5.38. The summed E-state index contributed by atoms with van der Waals surface area (Å²) in [7, 11) is 0. The Hall–Kier alpha value is -0.480. The Morgan fingerprint density at radius 3 is 2.50 bits per heavy atom. The van der Waals surface area contributed by atoms with Crippen molar-refractivity contribution in [1.82, 2.24) is 0 Å². The van der Waals surface area contributed by atoms with Crippen molar-refractivity contribution in [3.63, 3.8) is 0 Å². The van der Waals surface area contributed by atoms with Crippen LogP contribution in [-0.2, 0) is 4.74 Å². The molecule has 1 heteroatoms. The molecule has 0 saturated heterocycles. The number of hydrogen-bond donors (Lipinski definition) is 0. The molecule has 0 bridgehead atoms. The van der Waals surface area contributed by atoms with E-state index in [4.69, 9.17) is 11.2 Å². The minimum atomic E-state index is -0.380. The molecule has 1 nitrogen and oxygen atoms in total. The second kappa shape index (κ2) is 4.35. The van der Waals surface area contributed by atoms with Gasteiger partial charge in [0.15, 0.2) is 0 Å². The van der Waals surface area contributed by atoms with Crippen molar-refractivity contribution in [2.75, 3.05) is 6.61 Å². The largest absolute Gasteiger partial charge is 0.363 e. The predicted molar refractivity (Wildman–Crippen MR) is 43.8 cm³/mol. The summed E-state index contributed by atoms with van der Waals surface area (Å²) >= 11 is 0. The van der Waals surface area contributed by atoms with E-state index in [1.54, 1.807) is 0 Å². The second-order valence-corrected chi connectivity index (χ2v) is 2.86. The van der Waals surface area contributed by atoms with Gasteiger partial charge in [-0.25, -0.2) is 0 Å². The standard InChI is InChI=1S/C9H16O/c1-5-7-8-10-9(3,4)6-2/h2H,5,7-8H2,1,3-4H3. The zero-order valence-electron chi connectivity index (χ0n) is 7.11. The Kier molecular flexibility index (Phi) is 4.14. The van der Waals surface area contributed by atoms with Gasteiger partial charge in [0, 0.05) is 6.61 Å². The molecule has 0 aliphatic rings. The fraction of sp³-hybridized carbons (Fsp3) is 0.778. The Balaban J connectivity index is 3.40. The first kappa shape index (κ1) is 9.52. The summed E-state index contributed by atoms with van der Waals surface area (Å²) in [6, 6.07) is 0. The van der Waals surface area contributed by atoms with Crippen molar-refractivity contribution in [2.24, 2.45) is 0 Å². The molecule has 0 spiro atoms. The Labute approximate surface area is 63.8 Å². The van der Waals surface area contributed by atoms with Gasteiger partial charge in [-0.1, -0.05) is 19.3 Å². The lowest BCUT2D eigenvalue weighted by Crippen LogP contribution is -2.22. The second-order valence-electron chi connectivity index (χ2n) is 2.86. The van der Waals surface area contributed by atoms with Gasteiger partial charge >= 0.3 is 0 Å². The molecule has 0 rings (SSSR count). The van der Waals surface area contributed by atoms with E-state index in [9.17, 15) is 0 Å². The van der Waals surface area contributed by atoms with Crippen LogP contribution in [0.5, 0.6) is 0 Å². The maximum absolute atomic E-state index is 5.38. The lowest BCUT2D eigenvalue weighted by molar-refractivity contribution is 0.0255. The summed E-state index contributed by atoms with van der Waals surface area (Å²) in [5.74, 6) is 2.58. The van der Waals surface area contributed by atoms with Crippen molar-refractivity contribution in [1.29, 1.82) is 0 Å². The number of hydrogen-bond acceptors (Lipinski definition) is 1. The monoisotopic (exact) mass is 140 g/mol. The zero-order valence-corrected chi connectivity index (χ0v) is 7.11. The zero-order chi connectivity index (χ0) is 8.04. The molecule has 0 aliphatic carbocycles. The van der Waals surface area contributed by atoms with E-state index < -0.39 is 0 Å². The van der Waals surface area contributed by atoms with Crippen LogP contribution in [0, 0.1) is 12.3 Å². The molecule has 0 aromatic heterocycles. The fourth-order valence-corrected chi connectivity index (χ4v) is 0.513. The van der Waals surface area contributed by atoms with Crippen LogP contribution >= 0.6 is 0 Å². The molecular formula is C9H16O. The van der Waals surface area contributed by atoms with Crippen LogP contribution in [-0.4, -0.2) is 12.2 Å². The highest BCUT2D eigenvalue weighted by atomic mass is 16.5. The van der Waals surface area contributed by atoms with Crippen molar-refractivity contribution < 1.29 is 4.74 Å². The molecule has 58 valence electrons. The lowest BCUT2D eigenvalue weighted by atomic mass is 10.1. The van der Waals surface area contributed by atoms with Gasteiger partial charge in [0.05, 0.1) is 0 Å². The molecule has 0 N–H and O–H groups in total. The molecular weight excluding hydrogens is 124 g/mol. The van der Waals surface area contributed by atoms with Crippen molar-refractivity contribution in [3.05, 3.63) is 0 Å². The van der Waals surface area contributed by atoms with Gasteiger partial charge in [0.25, 0.3) is 0 Å². The number of unbranched alkanes of at least 4 members (excludes halogenated alkanes) is 1. The van der Waals surface area contributed by atoms with Crippen LogP contribution in [0.1, 0.15) is 33.6 Å². The molecule has 0 radical (unpaired) electrons. The van der Waals surface area contributed by atoms with E-state index in [0.717, 1.165) is 19.4 Å². The van der Waals surface area contributed by atoms with Crippen LogP contribution < -0.4 is 0 Å². The van der Waals surface area contributed by atoms with Gasteiger partial charge < -0.3 is 4.74 Å². The highest BCUT2D eigenvalue weighted by molar-refractivity contribution is 5.02. The molecule has 0 unspecified atom stereocenters. The van der Waals surface area contributed by atoms with E-state index in [1.165, 1.54) is 0 Å². The van der Waals surface area contributed by atoms with Crippen LogP contribution in [0.3, 0.4) is 0 Å². The summed E-state index contributed by atoms with van der Waals surface area (Å²) in [5.41, 5.74) is -0.380. The molecule has 0 aliphatic heterocycles. The van der Waals surface area contributed by atoms with Crippen LogP contribution in [0.2, 0.25) is 0 Å². The molecule has 0 saturated carbocycles. The van der Waals surface area contributed by atoms with Gasteiger partial charge in [0.1, 0.15) is 5.60 Å². The van der Waals surface area contributed by atoms with E-state index in [2.05, 4.69) is 12.8 Å².